The van der Waals surface area contributed by atoms with Gasteiger partial charge in [0, 0.05) is 24.7 Å². The summed E-state index contributed by atoms with van der Waals surface area (Å²) in [6, 6.07) is 1.83. The molecule has 3 unspecified atom stereocenters. The lowest BCUT2D eigenvalue weighted by molar-refractivity contribution is 0.0929. The van der Waals surface area contributed by atoms with Gasteiger partial charge in [-0.3, -0.25) is 4.90 Å². The van der Waals surface area contributed by atoms with Crippen LogP contribution in [0.2, 0.25) is 0 Å². The van der Waals surface area contributed by atoms with Crippen molar-refractivity contribution in [2.24, 2.45) is 11.7 Å². The second-order valence-corrected chi connectivity index (χ2v) is 5.35. The highest BCUT2D eigenvalue weighted by Crippen LogP contribution is 2.21. The summed E-state index contributed by atoms with van der Waals surface area (Å²) in [7, 11) is 0. The molecule has 1 rings (SSSR count). The zero-order chi connectivity index (χ0) is 10.7. The van der Waals surface area contributed by atoms with Crippen molar-refractivity contribution in [3.05, 3.63) is 0 Å². The summed E-state index contributed by atoms with van der Waals surface area (Å²) in [6.45, 7) is 10.5. The van der Waals surface area contributed by atoms with E-state index in [-0.39, 0.29) is 0 Å². The molecule has 1 aliphatic rings. The van der Waals surface area contributed by atoms with Crippen molar-refractivity contribution in [1.82, 2.24) is 4.90 Å². The Balaban J connectivity index is 2.43. The third-order valence-electron chi connectivity index (χ3n) is 3.35. The number of hydrogen-bond donors (Lipinski definition) is 1. The molecule has 3 atom stereocenters. The first kappa shape index (κ1) is 12.0. The van der Waals surface area contributed by atoms with Gasteiger partial charge in [0.15, 0.2) is 0 Å². The number of hydrogen-bond acceptors (Lipinski definition) is 2. The Labute approximate surface area is 88.8 Å². The van der Waals surface area contributed by atoms with E-state index in [9.17, 15) is 0 Å². The fourth-order valence-electron chi connectivity index (χ4n) is 2.70. The zero-order valence-electron chi connectivity index (χ0n) is 10.2. The lowest BCUT2D eigenvalue weighted by Gasteiger charge is -2.41. The molecule has 14 heavy (non-hydrogen) atoms. The highest BCUT2D eigenvalue weighted by Gasteiger charge is 2.26. The van der Waals surface area contributed by atoms with Crippen molar-refractivity contribution in [3.8, 4) is 0 Å². The quantitative estimate of drug-likeness (QED) is 0.753. The lowest BCUT2D eigenvalue weighted by Crippen LogP contribution is -2.49. The maximum atomic E-state index is 5.96. The van der Waals surface area contributed by atoms with Gasteiger partial charge in [0.2, 0.25) is 0 Å². The van der Waals surface area contributed by atoms with E-state index in [2.05, 4.69) is 32.6 Å². The van der Waals surface area contributed by atoms with Crippen LogP contribution < -0.4 is 5.73 Å². The maximum absolute atomic E-state index is 5.96. The van der Waals surface area contributed by atoms with Gasteiger partial charge < -0.3 is 5.73 Å². The summed E-state index contributed by atoms with van der Waals surface area (Å²) in [4.78, 5) is 2.63. The van der Waals surface area contributed by atoms with Gasteiger partial charge in [-0.25, -0.2) is 0 Å². The summed E-state index contributed by atoms with van der Waals surface area (Å²) in [5.74, 6) is 0.799. The van der Waals surface area contributed by atoms with Crippen molar-refractivity contribution < 1.29 is 0 Å². The van der Waals surface area contributed by atoms with Crippen molar-refractivity contribution in [1.29, 1.82) is 0 Å². The predicted octanol–water partition coefficient (Wildman–Crippen LogP) is 2.23. The second kappa shape index (κ2) is 5.13. The van der Waals surface area contributed by atoms with Gasteiger partial charge in [0.25, 0.3) is 0 Å². The van der Waals surface area contributed by atoms with Crippen molar-refractivity contribution in [2.75, 3.05) is 6.54 Å². The SMILES string of the molecule is CC(C)CC(C)N1CCC(N)CC1C. The molecule has 0 amide bonds. The number of rotatable bonds is 3. The number of nitrogens with zero attached hydrogens (tertiary/aromatic N) is 1. The molecule has 0 aromatic rings. The van der Waals surface area contributed by atoms with Crippen LogP contribution in [0, 0.1) is 5.92 Å². The number of piperidine rings is 1. The van der Waals surface area contributed by atoms with Crippen LogP contribution in [-0.4, -0.2) is 29.6 Å². The van der Waals surface area contributed by atoms with Gasteiger partial charge in [-0.2, -0.15) is 0 Å². The monoisotopic (exact) mass is 198 g/mol. The Morgan fingerprint density at radius 2 is 2.00 bits per heavy atom. The Hall–Kier alpha value is -0.0800. The Bertz CT molecular complexity index is 168. The molecule has 0 aromatic carbocycles. The van der Waals surface area contributed by atoms with E-state index in [1.165, 1.54) is 25.8 Å². The second-order valence-electron chi connectivity index (χ2n) is 5.35. The molecule has 84 valence electrons. The first-order valence-corrected chi connectivity index (χ1v) is 6.02. The van der Waals surface area contributed by atoms with E-state index < -0.39 is 0 Å². The molecule has 0 radical (unpaired) electrons. The average molecular weight is 198 g/mol. The van der Waals surface area contributed by atoms with E-state index in [0.29, 0.717) is 12.1 Å². The van der Waals surface area contributed by atoms with Crippen LogP contribution >= 0.6 is 0 Å². The summed E-state index contributed by atoms with van der Waals surface area (Å²) in [6.07, 6.45) is 3.65. The van der Waals surface area contributed by atoms with Crippen LogP contribution in [0.25, 0.3) is 0 Å². The molecular formula is C12H26N2. The molecule has 1 aliphatic heterocycles. The van der Waals surface area contributed by atoms with Gasteiger partial charge in [-0.15, -0.1) is 0 Å². The summed E-state index contributed by atoms with van der Waals surface area (Å²) in [5, 5.41) is 0. The third-order valence-corrected chi connectivity index (χ3v) is 3.35. The molecule has 2 heteroatoms. The molecule has 0 spiro atoms. The zero-order valence-corrected chi connectivity index (χ0v) is 10.2. The normalized spacial score (nSPS) is 32.1. The fraction of sp³-hybridized carbons (Fsp3) is 1.00. The Morgan fingerprint density at radius 1 is 1.36 bits per heavy atom. The largest absolute Gasteiger partial charge is 0.328 e. The van der Waals surface area contributed by atoms with Crippen LogP contribution in [0.3, 0.4) is 0 Å². The molecule has 0 saturated carbocycles. The van der Waals surface area contributed by atoms with E-state index in [4.69, 9.17) is 5.73 Å². The van der Waals surface area contributed by atoms with Crippen molar-refractivity contribution in [3.63, 3.8) is 0 Å². The molecule has 0 aromatic heterocycles. The third kappa shape index (κ3) is 3.25. The van der Waals surface area contributed by atoms with Crippen molar-refractivity contribution in [2.45, 2.75) is 65.1 Å². The molecule has 1 saturated heterocycles. The number of nitrogens with two attached hydrogens (primary N) is 1. The summed E-state index contributed by atoms with van der Waals surface area (Å²) in [5.41, 5.74) is 5.96. The minimum atomic E-state index is 0.437. The summed E-state index contributed by atoms with van der Waals surface area (Å²) >= 11 is 0. The van der Waals surface area contributed by atoms with E-state index >= 15 is 0 Å². The first-order valence-electron chi connectivity index (χ1n) is 6.02. The molecule has 2 nitrogen and oxygen atoms in total. The highest BCUT2D eigenvalue weighted by molar-refractivity contribution is 4.84. The smallest absolute Gasteiger partial charge is 0.00844 e. The van der Waals surface area contributed by atoms with Crippen molar-refractivity contribution >= 4 is 0 Å². The lowest BCUT2D eigenvalue weighted by atomic mass is 9.95. The maximum Gasteiger partial charge on any atom is 0.00844 e. The van der Waals surface area contributed by atoms with Crippen LogP contribution in [0.15, 0.2) is 0 Å². The van der Waals surface area contributed by atoms with Crippen LogP contribution in [0.4, 0.5) is 0 Å². The van der Waals surface area contributed by atoms with Crippen LogP contribution in [0.1, 0.15) is 47.0 Å². The highest BCUT2D eigenvalue weighted by atomic mass is 15.2. The van der Waals surface area contributed by atoms with Crippen LogP contribution in [-0.2, 0) is 0 Å². The molecule has 0 aliphatic carbocycles. The van der Waals surface area contributed by atoms with Gasteiger partial charge >= 0.3 is 0 Å². The first-order chi connectivity index (χ1) is 6.50. The van der Waals surface area contributed by atoms with Gasteiger partial charge in [0.05, 0.1) is 0 Å². The summed E-state index contributed by atoms with van der Waals surface area (Å²) < 4.78 is 0. The Morgan fingerprint density at radius 3 is 2.50 bits per heavy atom. The molecular weight excluding hydrogens is 172 g/mol. The van der Waals surface area contributed by atoms with E-state index in [1.54, 1.807) is 0 Å². The molecule has 0 bridgehead atoms. The Kier molecular flexibility index (Phi) is 4.39. The minimum Gasteiger partial charge on any atom is -0.328 e. The number of likely N-dealkylation sites (tertiary alicyclic amines) is 1. The average Bonchev–Trinajstić information content (AvgIpc) is 2.01. The topological polar surface area (TPSA) is 29.3 Å². The molecule has 1 heterocycles. The fourth-order valence-corrected chi connectivity index (χ4v) is 2.70. The molecule has 1 fully saturated rings. The van der Waals surface area contributed by atoms with Gasteiger partial charge in [-0.05, 0) is 39.0 Å². The molecule has 2 N–H and O–H groups in total. The predicted molar refractivity (Wildman–Crippen MR) is 62.3 cm³/mol. The van der Waals surface area contributed by atoms with Gasteiger partial charge in [-0.1, -0.05) is 13.8 Å². The standard InChI is InChI=1S/C12H26N2/c1-9(2)7-10(3)14-6-5-12(13)8-11(14)4/h9-12H,5-8,13H2,1-4H3. The van der Waals surface area contributed by atoms with Crippen LogP contribution in [0.5, 0.6) is 0 Å². The van der Waals surface area contributed by atoms with E-state index in [0.717, 1.165) is 12.0 Å². The van der Waals surface area contributed by atoms with Gasteiger partial charge in [0.1, 0.15) is 0 Å². The van der Waals surface area contributed by atoms with E-state index in [1.807, 2.05) is 0 Å². The minimum absolute atomic E-state index is 0.437.